The highest BCUT2D eigenvalue weighted by atomic mass is 79.9. The summed E-state index contributed by atoms with van der Waals surface area (Å²) < 4.78 is 8.67. The molecule has 1 fully saturated rings. The number of carbonyl (C=O) groups excluding carboxylic acids is 2. The van der Waals surface area contributed by atoms with Crippen molar-refractivity contribution in [2.75, 3.05) is 6.54 Å². The van der Waals surface area contributed by atoms with Crippen LogP contribution in [0.25, 0.3) is 5.76 Å². The second kappa shape index (κ2) is 11.7. The number of rotatable bonds is 9. The number of ketones is 1. The van der Waals surface area contributed by atoms with Gasteiger partial charge in [0.15, 0.2) is 0 Å². The molecule has 1 N–H and O–H groups in total. The van der Waals surface area contributed by atoms with Crippen LogP contribution in [0.1, 0.15) is 34.7 Å². The van der Waals surface area contributed by atoms with Gasteiger partial charge in [-0.15, -0.1) is 0 Å². The lowest BCUT2D eigenvalue weighted by Gasteiger charge is -2.25. The minimum absolute atomic E-state index is 0.0781. The van der Waals surface area contributed by atoms with Crippen LogP contribution in [0.15, 0.2) is 102 Å². The second-order valence-corrected chi connectivity index (χ2v) is 10.4. The summed E-state index contributed by atoms with van der Waals surface area (Å²) >= 11 is 3.49. The zero-order valence-corrected chi connectivity index (χ0v) is 23.0. The molecule has 2 heterocycles. The molecule has 198 valence electrons. The predicted molar refractivity (Wildman–Crippen MR) is 152 cm³/mol. The molecule has 0 spiro atoms. The molecule has 0 bridgehead atoms. The third-order valence-electron chi connectivity index (χ3n) is 6.86. The summed E-state index contributed by atoms with van der Waals surface area (Å²) in [5, 5.41) is 11.4. The SMILES string of the molecule is Cc1ccccc1COc1ccc(/C(O)=C2\C(=O)C(=O)N(CCCn3ccnc3)C2c2cccc(Br)c2)cc1. The summed E-state index contributed by atoms with van der Waals surface area (Å²) in [7, 11) is 0. The number of nitrogens with zero attached hydrogens (tertiary/aromatic N) is 3. The number of benzene rings is 3. The van der Waals surface area contributed by atoms with E-state index in [1.807, 2.05) is 66.2 Å². The normalized spacial score (nSPS) is 16.6. The maximum atomic E-state index is 13.3. The van der Waals surface area contributed by atoms with Gasteiger partial charge in [0, 0.05) is 35.5 Å². The summed E-state index contributed by atoms with van der Waals surface area (Å²) in [6, 6.07) is 21.7. The van der Waals surface area contributed by atoms with Crippen LogP contribution >= 0.6 is 15.9 Å². The van der Waals surface area contributed by atoms with E-state index < -0.39 is 17.7 Å². The largest absolute Gasteiger partial charge is 0.507 e. The van der Waals surface area contributed by atoms with E-state index in [0.717, 1.165) is 21.2 Å². The fraction of sp³-hybridized carbons (Fsp3) is 0.194. The number of halogens is 1. The van der Waals surface area contributed by atoms with Crippen molar-refractivity contribution in [1.82, 2.24) is 14.5 Å². The first-order valence-electron chi connectivity index (χ1n) is 12.7. The molecule has 8 heteroatoms. The first-order chi connectivity index (χ1) is 18.9. The fourth-order valence-corrected chi connectivity index (χ4v) is 5.19. The number of hydrogen-bond acceptors (Lipinski definition) is 5. The van der Waals surface area contributed by atoms with Crippen LogP contribution < -0.4 is 4.74 Å². The van der Waals surface area contributed by atoms with Crippen molar-refractivity contribution in [3.8, 4) is 5.75 Å². The third kappa shape index (κ3) is 5.81. The predicted octanol–water partition coefficient (Wildman–Crippen LogP) is 6.05. The van der Waals surface area contributed by atoms with Crippen LogP contribution in [0.5, 0.6) is 5.75 Å². The minimum Gasteiger partial charge on any atom is -0.507 e. The number of aliphatic hydroxyl groups is 1. The Morgan fingerprint density at radius 3 is 2.54 bits per heavy atom. The number of amides is 1. The van der Waals surface area contributed by atoms with Crippen LogP contribution in [-0.4, -0.2) is 37.8 Å². The summed E-state index contributed by atoms with van der Waals surface area (Å²) in [6.07, 6.45) is 5.90. The lowest BCUT2D eigenvalue weighted by Crippen LogP contribution is -2.31. The van der Waals surface area contributed by atoms with Gasteiger partial charge >= 0.3 is 0 Å². The molecule has 0 saturated carbocycles. The number of aromatic nitrogens is 2. The summed E-state index contributed by atoms with van der Waals surface area (Å²) in [4.78, 5) is 32.1. The lowest BCUT2D eigenvalue weighted by atomic mass is 9.95. The van der Waals surface area contributed by atoms with Crippen molar-refractivity contribution >= 4 is 33.4 Å². The van der Waals surface area contributed by atoms with Gasteiger partial charge in [0.2, 0.25) is 0 Å². The van der Waals surface area contributed by atoms with Gasteiger partial charge in [0.1, 0.15) is 18.1 Å². The van der Waals surface area contributed by atoms with E-state index >= 15 is 0 Å². The molecule has 1 aliphatic heterocycles. The maximum Gasteiger partial charge on any atom is 0.295 e. The van der Waals surface area contributed by atoms with E-state index in [1.165, 1.54) is 0 Å². The molecule has 1 amide bonds. The molecule has 5 rings (SSSR count). The molecule has 1 aliphatic rings. The molecule has 0 radical (unpaired) electrons. The molecule has 3 aromatic carbocycles. The van der Waals surface area contributed by atoms with E-state index in [9.17, 15) is 14.7 Å². The molecule has 39 heavy (non-hydrogen) atoms. The molecular weight excluding hydrogens is 558 g/mol. The number of likely N-dealkylation sites (tertiary alicyclic amines) is 1. The number of carbonyl (C=O) groups is 2. The maximum absolute atomic E-state index is 13.3. The summed E-state index contributed by atoms with van der Waals surface area (Å²) in [5.74, 6) is -0.885. The monoisotopic (exact) mass is 585 g/mol. The fourth-order valence-electron chi connectivity index (χ4n) is 4.77. The van der Waals surface area contributed by atoms with Gasteiger partial charge in [-0.3, -0.25) is 9.59 Å². The molecule has 1 aromatic heterocycles. The van der Waals surface area contributed by atoms with Crippen LogP contribution in [0.2, 0.25) is 0 Å². The van der Waals surface area contributed by atoms with Crippen LogP contribution in [0.4, 0.5) is 0 Å². The Labute approximate surface area is 235 Å². The van der Waals surface area contributed by atoms with E-state index in [2.05, 4.69) is 20.9 Å². The Balaban J connectivity index is 1.42. The average molecular weight is 586 g/mol. The zero-order chi connectivity index (χ0) is 27.4. The van der Waals surface area contributed by atoms with Crippen LogP contribution in [0.3, 0.4) is 0 Å². The first-order valence-corrected chi connectivity index (χ1v) is 13.5. The van der Waals surface area contributed by atoms with Crippen molar-refractivity contribution in [1.29, 1.82) is 0 Å². The summed E-state index contributed by atoms with van der Waals surface area (Å²) in [6.45, 7) is 3.46. The average Bonchev–Trinajstić information content (AvgIpc) is 3.55. The molecule has 1 saturated heterocycles. The van der Waals surface area contributed by atoms with Crippen molar-refractivity contribution in [3.05, 3.63) is 124 Å². The van der Waals surface area contributed by atoms with Crippen molar-refractivity contribution in [3.63, 3.8) is 0 Å². The highest BCUT2D eigenvalue weighted by Gasteiger charge is 2.45. The number of ether oxygens (including phenoxy) is 1. The van der Waals surface area contributed by atoms with Gasteiger partial charge in [-0.1, -0.05) is 52.3 Å². The quantitative estimate of drug-likeness (QED) is 0.147. The number of imidazole rings is 1. The van der Waals surface area contributed by atoms with E-state index in [4.69, 9.17) is 4.74 Å². The number of Topliss-reactive ketones (excluding diaryl/α,β-unsaturated/α-hetero) is 1. The van der Waals surface area contributed by atoms with Gasteiger partial charge in [0.25, 0.3) is 11.7 Å². The first kappa shape index (κ1) is 26.4. The molecule has 7 nitrogen and oxygen atoms in total. The lowest BCUT2D eigenvalue weighted by molar-refractivity contribution is -0.139. The second-order valence-electron chi connectivity index (χ2n) is 9.44. The Bertz CT molecular complexity index is 1510. The summed E-state index contributed by atoms with van der Waals surface area (Å²) in [5.41, 5.74) is 3.50. The highest BCUT2D eigenvalue weighted by molar-refractivity contribution is 9.10. The Morgan fingerprint density at radius 1 is 1.03 bits per heavy atom. The number of hydrogen-bond donors (Lipinski definition) is 1. The third-order valence-corrected chi connectivity index (χ3v) is 7.36. The van der Waals surface area contributed by atoms with Crippen LogP contribution in [0, 0.1) is 6.92 Å². The van der Waals surface area contributed by atoms with Gasteiger partial charge in [0.05, 0.1) is 17.9 Å². The van der Waals surface area contributed by atoms with E-state index in [0.29, 0.717) is 37.4 Å². The Morgan fingerprint density at radius 2 is 1.82 bits per heavy atom. The van der Waals surface area contributed by atoms with Gasteiger partial charge < -0.3 is 19.3 Å². The van der Waals surface area contributed by atoms with Gasteiger partial charge in [-0.2, -0.15) is 0 Å². The number of aliphatic hydroxyl groups excluding tert-OH is 1. The van der Waals surface area contributed by atoms with Crippen LogP contribution in [-0.2, 0) is 22.7 Å². The van der Waals surface area contributed by atoms with Crippen molar-refractivity contribution in [2.45, 2.75) is 32.5 Å². The Kier molecular flexibility index (Phi) is 7.93. The smallest absolute Gasteiger partial charge is 0.295 e. The van der Waals surface area contributed by atoms with E-state index in [1.54, 1.807) is 41.7 Å². The van der Waals surface area contributed by atoms with Gasteiger partial charge in [-0.25, -0.2) is 4.98 Å². The van der Waals surface area contributed by atoms with E-state index in [-0.39, 0.29) is 11.3 Å². The Hall–Kier alpha value is -4.17. The molecule has 1 unspecified atom stereocenters. The van der Waals surface area contributed by atoms with Crippen molar-refractivity contribution < 1.29 is 19.4 Å². The molecule has 4 aromatic rings. The zero-order valence-electron chi connectivity index (χ0n) is 21.5. The molecule has 0 aliphatic carbocycles. The number of aryl methyl sites for hydroxylation is 2. The minimum atomic E-state index is -0.706. The molecular formula is C31H28BrN3O4. The van der Waals surface area contributed by atoms with Gasteiger partial charge in [-0.05, 0) is 66.4 Å². The van der Waals surface area contributed by atoms with Crippen molar-refractivity contribution in [2.24, 2.45) is 0 Å². The molecule has 1 atom stereocenters. The highest BCUT2D eigenvalue weighted by Crippen LogP contribution is 2.40. The standard InChI is InChI=1S/C31H28BrN3O4/c1-21-6-2-3-7-24(21)19-39-26-12-10-22(11-13-26)29(36)27-28(23-8-4-9-25(32)18-23)35(31(38)30(27)37)16-5-15-34-17-14-33-20-34/h2-4,6-14,17-18,20,28,36H,5,15-16,19H2,1H3/b29-27+. The topological polar surface area (TPSA) is 84.7 Å².